The molecular formula is C21H15FN2O3. The van der Waals surface area contributed by atoms with E-state index in [0.717, 1.165) is 6.07 Å². The Morgan fingerprint density at radius 3 is 2.70 bits per heavy atom. The molecule has 0 saturated carbocycles. The molecule has 1 amide bonds. The zero-order valence-corrected chi connectivity index (χ0v) is 14.4. The summed E-state index contributed by atoms with van der Waals surface area (Å²) in [6, 6.07) is 15.9. The highest BCUT2D eigenvalue weighted by Crippen LogP contribution is 2.36. The standard InChI is InChI=1S/C21H15FN2O3/c1-12-9-15(23-20(26)13-5-4-6-14(22)10-13)11-16(19(12)25)21-24-17-7-2-3-8-18(17)27-21/h2-11,25H,1H3,(H,23,26). The number of anilines is 1. The van der Waals surface area contributed by atoms with Crippen LogP contribution in [0, 0.1) is 12.7 Å². The number of carbonyl (C=O) groups is 1. The van der Waals surface area contributed by atoms with Crippen molar-refractivity contribution in [3.8, 4) is 17.2 Å². The fraction of sp³-hybridized carbons (Fsp3) is 0.0476. The summed E-state index contributed by atoms with van der Waals surface area (Å²) in [5.74, 6) is -0.677. The molecule has 0 radical (unpaired) electrons. The Balaban J connectivity index is 1.72. The van der Waals surface area contributed by atoms with Crippen LogP contribution < -0.4 is 5.32 Å². The number of aromatic nitrogens is 1. The van der Waals surface area contributed by atoms with Crippen molar-refractivity contribution in [2.24, 2.45) is 0 Å². The van der Waals surface area contributed by atoms with Gasteiger partial charge in [0, 0.05) is 11.3 Å². The lowest BCUT2D eigenvalue weighted by Crippen LogP contribution is -2.12. The summed E-state index contributed by atoms with van der Waals surface area (Å²) in [7, 11) is 0. The van der Waals surface area contributed by atoms with Gasteiger partial charge in [-0.3, -0.25) is 4.79 Å². The van der Waals surface area contributed by atoms with E-state index in [0.29, 0.717) is 27.9 Å². The van der Waals surface area contributed by atoms with Gasteiger partial charge in [0.25, 0.3) is 5.91 Å². The van der Waals surface area contributed by atoms with E-state index in [4.69, 9.17) is 4.42 Å². The van der Waals surface area contributed by atoms with Crippen LogP contribution in [0.15, 0.2) is 65.1 Å². The van der Waals surface area contributed by atoms with Crippen LogP contribution in [0.1, 0.15) is 15.9 Å². The van der Waals surface area contributed by atoms with Crippen LogP contribution in [0.2, 0.25) is 0 Å². The minimum Gasteiger partial charge on any atom is -0.507 e. The van der Waals surface area contributed by atoms with Gasteiger partial charge in [-0.2, -0.15) is 0 Å². The first-order valence-electron chi connectivity index (χ1n) is 8.28. The molecule has 134 valence electrons. The number of aromatic hydroxyl groups is 1. The van der Waals surface area contributed by atoms with Crippen molar-refractivity contribution in [3.63, 3.8) is 0 Å². The van der Waals surface area contributed by atoms with E-state index >= 15 is 0 Å². The molecule has 0 aliphatic heterocycles. The maximum Gasteiger partial charge on any atom is 0.255 e. The number of nitrogens with zero attached hydrogens (tertiary/aromatic N) is 1. The number of benzene rings is 3. The van der Waals surface area contributed by atoms with E-state index in [2.05, 4.69) is 10.3 Å². The molecule has 0 aliphatic rings. The predicted octanol–water partition coefficient (Wildman–Crippen LogP) is 4.90. The van der Waals surface area contributed by atoms with Crippen LogP contribution in [-0.4, -0.2) is 16.0 Å². The molecule has 5 nitrogen and oxygen atoms in total. The molecule has 0 spiro atoms. The average Bonchev–Trinajstić information content (AvgIpc) is 3.08. The quantitative estimate of drug-likeness (QED) is 0.508. The Bertz CT molecular complexity index is 1130. The van der Waals surface area contributed by atoms with Gasteiger partial charge < -0.3 is 14.8 Å². The van der Waals surface area contributed by atoms with Crippen molar-refractivity contribution in [2.75, 3.05) is 5.32 Å². The summed E-state index contributed by atoms with van der Waals surface area (Å²) in [4.78, 5) is 16.8. The van der Waals surface area contributed by atoms with Gasteiger partial charge >= 0.3 is 0 Å². The fourth-order valence-electron chi connectivity index (χ4n) is 2.84. The molecule has 0 aliphatic carbocycles. The number of hydrogen-bond acceptors (Lipinski definition) is 4. The lowest BCUT2D eigenvalue weighted by molar-refractivity contribution is 0.102. The summed E-state index contributed by atoms with van der Waals surface area (Å²) in [6.45, 7) is 1.71. The van der Waals surface area contributed by atoms with Crippen LogP contribution >= 0.6 is 0 Å². The maximum absolute atomic E-state index is 13.3. The molecule has 3 aromatic carbocycles. The van der Waals surface area contributed by atoms with Gasteiger partial charge in [-0.05, 0) is 55.0 Å². The van der Waals surface area contributed by atoms with Gasteiger partial charge in [-0.15, -0.1) is 0 Å². The molecule has 1 aromatic heterocycles. The number of aryl methyl sites for hydroxylation is 1. The number of para-hydroxylation sites is 2. The van der Waals surface area contributed by atoms with Gasteiger partial charge in [0.05, 0.1) is 5.56 Å². The Hall–Kier alpha value is -3.67. The largest absolute Gasteiger partial charge is 0.507 e. The number of amides is 1. The third-order valence-corrected chi connectivity index (χ3v) is 4.17. The number of hydrogen-bond donors (Lipinski definition) is 2. The smallest absolute Gasteiger partial charge is 0.255 e. The molecule has 1 heterocycles. The number of halogens is 1. The highest BCUT2D eigenvalue weighted by Gasteiger charge is 2.16. The number of rotatable bonds is 3. The minimum atomic E-state index is -0.489. The molecule has 0 unspecified atom stereocenters. The Morgan fingerprint density at radius 1 is 1.11 bits per heavy atom. The first-order valence-corrected chi connectivity index (χ1v) is 8.28. The lowest BCUT2D eigenvalue weighted by Gasteiger charge is -2.10. The molecule has 4 aromatic rings. The summed E-state index contributed by atoms with van der Waals surface area (Å²) < 4.78 is 19.1. The highest BCUT2D eigenvalue weighted by molar-refractivity contribution is 6.04. The van der Waals surface area contributed by atoms with Crippen molar-refractivity contribution in [3.05, 3.63) is 77.6 Å². The predicted molar refractivity (Wildman–Crippen MR) is 100 cm³/mol. The summed E-state index contributed by atoms with van der Waals surface area (Å²) in [5, 5.41) is 13.1. The van der Waals surface area contributed by atoms with E-state index in [1.165, 1.54) is 18.2 Å². The van der Waals surface area contributed by atoms with E-state index in [1.807, 2.05) is 18.2 Å². The number of phenols is 1. The fourth-order valence-corrected chi connectivity index (χ4v) is 2.84. The van der Waals surface area contributed by atoms with E-state index in [-0.39, 0.29) is 17.2 Å². The average molecular weight is 362 g/mol. The summed E-state index contributed by atoms with van der Waals surface area (Å²) in [6.07, 6.45) is 0. The summed E-state index contributed by atoms with van der Waals surface area (Å²) >= 11 is 0. The number of fused-ring (bicyclic) bond motifs is 1. The number of oxazole rings is 1. The molecule has 0 saturated heterocycles. The van der Waals surface area contributed by atoms with Crippen LogP contribution in [-0.2, 0) is 0 Å². The second-order valence-electron chi connectivity index (χ2n) is 6.14. The second-order valence-corrected chi connectivity index (χ2v) is 6.14. The van der Waals surface area contributed by atoms with Crippen LogP contribution in [0.25, 0.3) is 22.6 Å². The van der Waals surface area contributed by atoms with Crippen molar-refractivity contribution < 1.29 is 18.7 Å². The first-order chi connectivity index (χ1) is 13.0. The molecular weight excluding hydrogens is 347 g/mol. The normalized spacial score (nSPS) is 10.9. The first kappa shape index (κ1) is 16.8. The van der Waals surface area contributed by atoms with Crippen molar-refractivity contribution in [1.82, 2.24) is 4.98 Å². The van der Waals surface area contributed by atoms with Gasteiger partial charge in [-0.1, -0.05) is 18.2 Å². The molecule has 6 heteroatoms. The zero-order valence-electron chi connectivity index (χ0n) is 14.4. The van der Waals surface area contributed by atoms with Gasteiger partial charge in [-0.25, -0.2) is 9.37 Å². The number of phenolic OH excluding ortho intramolecular Hbond substituents is 1. The third kappa shape index (κ3) is 3.25. The van der Waals surface area contributed by atoms with Crippen LogP contribution in [0.4, 0.5) is 10.1 Å². The van der Waals surface area contributed by atoms with Crippen molar-refractivity contribution in [2.45, 2.75) is 6.92 Å². The van der Waals surface area contributed by atoms with E-state index in [9.17, 15) is 14.3 Å². The number of carbonyl (C=O) groups excluding carboxylic acids is 1. The Kier molecular flexibility index (Phi) is 4.08. The molecule has 2 N–H and O–H groups in total. The van der Waals surface area contributed by atoms with Crippen LogP contribution in [0.3, 0.4) is 0 Å². The topological polar surface area (TPSA) is 75.4 Å². The van der Waals surface area contributed by atoms with Gasteiger partial charge in [0.15, 0.2) is 5.58 Å². The third-order valence-electron chi connectivity index (χ3n) is 4.17. The maximum atomic E-state index is 13.3. The minimum absolute atomic E-state index is 0.0188. The number of nitrogens with one attached hydrogen (secondary N) is 1. The molecule has 0 fully saturated rings. The van der Waals surface area contributed by atoms with Gasteiger partial charge in [0.1, 0.15) is 17.1 Å². The second kappa shape index (κ2) is 6.57. The molecule has 4 rings (SSSR count). The van der Waals surface area contributed by atoms with E-state index < -0.39 is 11.7 Å². The van der Waals surface area contributed by atoms with Gasteiger partial charge in [0.2, 0.25) is 5.89 Å². The van der Waals surface area contributed by atoms with Crippen molar-refractivity contribution >= 4 is 22.7 Å². The monoisotopic (exact) mass is 362 g/mol. The molecule has 27 heavy (non-hydrogen) atoms. The molecule has 0 atom stereocenters. The Morgan fingerprint density at radius 2 is 1.93 bits per heavy atom. The molecule has 0 bridgehead atoms. The van der Waals surface area contributed by atoms with Crippen LogP contribution in [0.5, 0.6) is 5.75 Å². The summed E-state index contributed by atoms with van der Waals surface area (Å²) in [5.41, 5.74) is 2.81. The highest BCUT2D eigenvalue weighted by atomic mass is 19.1. The van der Waals surface area contributed by atoms with E-state index in [1.54, 1.807) is 25.1 Å². The zero-order chi connectivity index (χ0) is 19.0. The Labute approximate surface area is 154 Å². The van der Waals surface area contributed by atoms with Crippen molar-refractivity contribution in [1.29, 1.82) is 0 Å². The SMILES string of the molecule is Cc1cc(NC(=O)c2cccc(F)c2)cc(-c2nc3ccccc3o2)c1O. The lowest BCUT2D eigenvalue weighted by atomic mass is 10.1.